The van der Waals surface area contributed by atoms with Crippen molar-refractivity contribution in [1.82, 2.24) is 0 Å². The van der Waals surface area contributed by atoms with Crippen LogP contribution in [0.3, 0.4) is 0 Å². The Bertz CT molecular complexity index is 1340. The van der Waals surface area contributed by atoms with Crippen LogP contribution in [0.15, 0.2) is 11.6 Å². The highest BCUT2D eigenvalue weighted by Crippen LogP contribution is 2.69. The molecule has 13 nitrogen and oxygen atoms in total. The van der Waals surface area contributed by atoms with Gasteiger partial charge in [-0.05, 0) is 80.5 Å². The molecular formula is C39H62O13. The first-order valence-corrected chi connectivity index (χ1v) is 19.5. The molecule has 0 aromatic carbocycles. The van der Waals surface area contributed by atoms with Crippen LogP contribution >= 0.6 is 0 Å². The fraction of sp³-hybridized carbons (Fsp3) is 0.897. The van der Waals surface area contributed by atoms with Gasteiger partial charge in [0, 0.05) is 24.7 Å². The van der Waals surface area contributed by atoms with Crippen molar-refractivity contribution in [2.75, 3.05) is 13.2 Å². The van der Waals surface area contributed by atoms with E-state index >= 15 is 0 Å². The molecule has 0 radical (unpaired) electrons. The molecule has 13 heteroatoms. The van der Waals surface area contributed by atoms with Gasteiger partial charge in [0.2, 0.25) is 0 Å². The van der Waals surface area contributed by atoms with E-state index in [1.165, 1.54) is 12.5 Å². The molecule has 0 unspecified atom stereocenters. The summed E-state index contributed by atoms with van der Waals surface area (Å²) >= 11 is 0. The maximum Gasteiger partial charge on any atom is 0.303 e. The summed E-state index contributed by atoms with van der Waals surface area (Å²) in [6.45, 7) is 10.9. The summed E-state index contributed by atoms with van der Waals surface area (Å²) in [5.41, 5.74) is -1.06. The van der Waals surface area contributed by atoms with Crippen LogP contribution in [0.1, 0.15) is 99.3 Å². The highest BCUT2D eigenvalue weighted by Gasteiger charge is 2.70. The monoisotopic (exact) mass is 738 g/mol. The van der Waals surface area contributed by atoms with Gasteiger partial charge in [0.15, 0.2) is 18.7 Å². The van der Waals surface area contributed by atoms with E-state index in [0.29, 0.717) is 43.9 Å². The van der Waals surface area contributed by atoms with E-state index in [4.69, 9.17) is 23.7 Å². The first-order chi connectivity index (χ1) is 24.4. The van der Waals surface area contributed by atoms with Crippen molar-refractivity contribution in [2.24, 2.45) is 40.4 Å². The lowest BCUT2D eigenvalue weighted by atomic mass is 9.46. The predicted octanol–water partition coefficient (Wildman–Crippen LogP) is 2.15. The minimum absolute atomic E-state index is 0.0184. The van der Waals surface area contributed by atoms with E-state index < -0.39 is 78.2 Å². The van der Waals surface area contributed by atoms with Crippen LogP contribution in [0, 0.1) is 40.4 Å². The molecule has 6 aliphatic rings. The van der Waals surface area contributed by atoms with Crippen molar-refractivity contribution >= 4 is 11.8 Å². The third-order valence-corrected chi connectivity index (χ3v) is 14.2. The number of carbonyl (C=O) groups excluding carboxylic acids is 2. The number of ether oxygens (including phenoxy) is 5. The number of allylic oxidation sites excluding steroid dienone is 1. The zero-order chi connectivity index (χ0) is 37.9. The Labute approximate surface area is 307 Å². The smallest absolute Gasteiger partial charge is 0.303 e. The normalized spacial score (nSPS) is 48.2. The number of aliphatic hydroxyl groups excluding tert-OH is 5. The van der Waals surface area contributed by atoms with Crippen molar-refractivity contribution in [2.45, 2.75) is 166 Å². The minimum Gasteiger partial charge on any atom is -0.454 e. The van der Waals surface area contributed by atoms with Crippen molar-refractivity contribution in [1.29, 1.82) is 0 Å². The zero-order valence-corrected chi connectivity index (χ0v) is 31.6. The van der Waals surface area contributed by atoms with E-state index in [-0.39, 0.29) is 42.4 Å². The molecule has 2 saturated heterocycles. The van der Waals surface area contributed by atoms with Crippen LogP contribution in [0.4, 0.5) is 0 Å². The molecular weight excluding hydrogens is 676 g/mol. The number of Topliss-reactive ketones (excluding diaryl/α,β-unsaturated/α-hetero) is 1. The van der Waals surface area contributed by atoms with Gasteiger partial charge in [0.25, 0.3) is 0 Å². The van der Waals surface area contributed by atoms with Crippen LogP contribution in [0.5, 0.6) is 0 Å². The van der Waals surface area contributed by atoms with Crippen LogP contribution in [0.25, 0.3) is 0 Å². The van der Waals surface area contributed by atoms with Gasteiger partial charge in [0.1, 0.15) is 41.9 Å². The summed E-state index contributed by atoms with van der Waals surface area (Å²) in [6, 6.07) is 0. The van der Waals surface area contributed by atoms with Crippen LogP contribution in [-0.2, 0) is 33.3 Å². The number of carbonyl (C=O) groups is 2. The molecule has 296 valence electrons. The second kappa shape index (κ2) is 15.2. The molecule has 0 aromatic rings. The van der Waals surface area contributed by atoms with Crippen LogP contribution < -0.4 is 0 Å². The van der Waals surface area contributed by atoms with Gasteiger partial charge in [-0.3, -0.25) is 9.59 Å². The van der Waals surface area contributed by atoms with Crippen LogP contribution in [-0.4, -0.2) is 123 Å². The van der Waals surface area contributed by atoms with E-state index in [0.717, 1.165) is 25.7 Å². The van der Waals surface area contributed by atoms with E-state index in [9.17, 15) is 40.2 Å². The molecule has 3 saturated carbocycles. The number of hydrogen-bond acceptors (Lipinski definition) is 13. The lowest BCUT2D eigenvalue weighted by Gasteiger charge is -2.59. The Hall–Kier alpha value is -1.52. The van der Waals surface area contributed by atoms with Crippen molar-refractivity contribution in [3.05, 3.63) is 11.6 Å². The van der Waals surface area contributed by atoms with Gasteiger partial charge in [-0.1, -0.05) is 46.3 Å². The quantitative estimate of drug-likeness (QED) is 0.141. The van der Waals surface area contributed by atoms with Gasteiger partial charge < -0.3 is 54.3 Å². The Morgan fingerprint density at radius 3 is 2.29 bits per heavy atom. The first kappa shape index (κ1) is 40.2. The fourth-order valence-electron chi connectivity index (χ4n) is 11.1. The number of aliphatic hydroxyl groups is 6. The molecule has 0 bridgehead atoms. The Morgan fingerprint density at radius 2 is 1.60 bits per heavy atom. The molecule has 0 amide bonds. The lowest BCUT2D eigenvalue weighted by molar-refractivity contribution is -0.345. The first-order valence-electron chi connectivity index (χ1n) is 19.5. The molecule has 6 rings (SSSR count). The second-order valence-corrected chi connectivity index (χ2v) is 17.6. The number of esters is 1. The topological polar surface area (TPSA) is 202 Å². The summed E-state index contributed by atoms with van der Waals surface area (Å²) in [7, 11) is 0. The maximum atomic E-state index is 14.0. The van der Waals surface area contributed by atoms with Gasteiger partial charge in [-0.25, -0.2) is 0 Å². The predicted molar refractivity (Wildman–Crippen MR) is 185 cm³/mol. The number of ketones is 1. The second-order valence-electron chi connectivity index (χ2n) is 17.6. The summed E-state index contributed by atoms with van der Waals surface area (Å²) < 4.78 is 29.8. The Morgan fingerprint density at radius 1 is 0.904 bits per heavy atom. The van der Waals surface area contributed by atoms with Gasteiger partial charge in [-0.15, -0.1) is 0 Å². The van der Waals surface area contributed by atoms with Crippen LogP contribution in [0.2, 0.25) is 0 Å². The standard InChI is InChI=1S/C39H62O13/c1-19(2)7-10-27(42)20(3)39(47)30(16-26-24-9-8-22-15-23(41)11-13-37(22,5)25(24)12-14-38(26,39)6)51-36-34(50-21(4)40)33(29(44)18-49-36)52-35-32(46)31(45)28(43)17-48-35/h8,19-20,23-26,28-36,41,43-47H,7,9-18H2,1-6H3/t20-,23+,24-,25+,26+,28-,29+,30+,31+,32-,33-,34-,35+,36+,37+,38+,39-/m1/s1. The average molecular weight is 739 g/mol. The molecule has 6 N–H and O–H groups in total. The third kappa shape index (κ3) is 6.94. The Balaban J connectivity index is 1.33. The number of fused-ring (bicyclic) bond motifs is 5. The van der Waals surface area contributed by atoms with Crippen molar-refractivity contribution in [3.8, 4) is 0 Å². The van der Waals surface area contributed by atoms with Crippen molar-refractivity contribution < 1.29 is 63.9 Å². The maximum absolute atomic E-state index is 14.0. The molecule has 17 atom stereocenters. The molecule has 0 aromatic heterocycles. The average Bonchev–Trinajstić information content (AvgIpc) is 3.32. The van der Waals surface area contributed by atoms with E-state index in [2.05, 4.69) is 33.8 Å². The van der Waals surface area contributed by atoms with E-state index in [1.807, 2.05) is 0 Å². The fourth-order valence-corrected chi connectivity index (χ4v) is 11.1. The van der Waals surface area contributed by atoms with Gasteiger partial charge >= 0.3 is 5.97 Å². The molecule has 52 heavy (non-hydrogen) atoms. The summed E-state index contributed by atoms with van der Waals surface area (Å²) in [6.07, 6.45) is -4.28. The van der Waals surface area contributed by atoms with E-state index in [1.54, 1.807) is 6.92 Å². The highest BCUT2D eigenvalue weighted by atomic mass is 16.7. The summed E-state index contributed by atoms with van der Waals surface area (Å²) in [5.74, 6) is -0.713. The Kier molecular flexibility index (Phi) is 11.7. The van der Waals surface area contributed by atoms with Gasteiger partial charge in [0.05, 0.1) is 25.4 Å². The zero-order valence-electron chi connectivity index (χ0n) is 31.6. The molecule has 2 heterocycles. The SMILES string of the molecule is CC(=O)O[C@H]1[C@H](O[C@H]2C[C@H]3[C@@H]4CC=C5C[C@@H](O)CC[C@]5(C)[C@H]4CC[C@]3(C)[C@@]2(O)[C@H](C)C(=O)CCC(C)C)OC[C@H](O)[C@H]1O[C@@H]1OC[C@@H](O)[C@H](O)[C@H]1O. The largest absolute Gasteiger partial charge is 0.454 e. The number of hydrogen-bond donors (Lipinski definition) is 6. The molecule has 4 aliphatic carbocycles. The summed E-state index contributed by atoms with van der Waals surface area (Å²) in [5, 5.41) is 65.6. The molecule has 0 spiro atoms. The molecule has 5 fully saturated rings. The van der Waals surface area contributed by atoms with Crippen molar-refractivity contribution in [3.63, 3.8) is 0 Å². The number of rotatable bonds is 10. The highest BCUT2D eigenvalue weighted by molar-refractivity contribution is 5.82. The third-order valence-electron chi connectivity index (χ3n) is 14.2. The lowest BCUT2D eigenvalue weighted by Crippen LogP contribution is -2.64. The molecule has 2 aliphatic heterocycles. The van der Waals surface area contributed by atoms with Gasteiger partial charge in [-0.2, -0.15) is 0 Å². The minimum atomic E-state index is -1.66. The summed E-state index contributed by atoms with van der Waals surface area (Å²) in [4.78, 5) is 26.5.